The minimum Gasteiger partial charge on any atom is -0.619 e. The molecule has 0 unspecified atom stereocenters. The third kappa shape index (κ3) is 31.1. The minimum absolute atomic E-state index is 0. The van der Waals surface area contributed by atoms with Crippen LogP contribution in [0.3, 0.4) is 0 Å². The summed E-state index contributed by atoms with van der Waals surface area (Å²) in [6.07, 6.45) is 17.1. The van der Waals surface area contributed by atoms with Crippen LogP contribution in [0.5, 0.6) is 40.2 Å². The number of nitrogens with one attached hydrogen (secondary N) is 2. The number of aromatic hydroxyl groups is 1. The number of rotatable bonds is 11. The molecule has 1 fully saturated rings. The summed E-state index contributed by atoms with van der Waals surface area (Å²) in [4.78, 5) is 50.4. The van der Waals surface area contributed by atoms with Gasteiger partial charge in [-0.25, -0.2) is 35.3 Å². The predicted molar refractivity (Wildman–Crippen MR) is 454 cm³/mol. The first kappa shape index (κ1) is 97.9. The molecule has 0 atom stereocenters. The maximum atomic E-state index is 11.0. The molecule has 7 heterocycles. The number of benzene rings is 8. The average Bonchev–Trinajstić information content (AvgIpc) is 0.878. The number of nitrogens with zero attached hydrogens (tertiary/aromatic N) is 11. The molecule has 1 saturated heterocycles. The van der Waals surface area contributed by atoms with Crippen molar-refractivity contribution in [1.82, 2.24) is 36.0 Å². The number of phenolic OH excluding ortho intramolecular Hbond substituents is 1. The second-order valence-corrected chi connectivity index (χ2v) is 28.1. The average molecular weight is 1590 g/mol. The summed E-state index contributed by atoms with van der Waals surface area (Å²) >= 11 is 0. The van der Waals surface area contributed by atoms with E-state index in [1.807, 2.05) is 123 Å². The Kier molecular flexibility index (Phi) is 46.3. The molecule has 0 saturated carbocycles. The number of hydrogen-bond acceptors (Lipinski definition) is 21. The van der Waals surface area contributed by atoms with Crippen molar-refractivity contribution < 1.29 is 93.7 Å². The van der Waals surface area contributed by atoms with Gasteiger partial charge in [0.15, 0.2) is 31.9 Å². The minimum atomic E-state index is -1.33. The molecule has 8 aromatic carbocycles. The van der Waals surface area contributed by atoms with Crippen molar-refractivity contribution in [3.8, 4) is 52.0 Å². The van der Waals surface area contributed by atoms with Gasteiger partial charge in [-0.3, -0.25) is 15.2 Å². The molecule has 6 aromatic heterocycles. The molecule has 15 rings (SSSR count). The molecule has 0 radical (unpaired) electrons. The van der Waals surface area contributed by atoms with Gasteiger partial charge in [-0.2, -0.15) is 9.99 Å². The summed E-state index contributed by atoms with van der Waals surface area (Å²) in [5, 5.41) is 72.3. The first-order chi connectivity index (χ1) is 54.2. The number of aromatic nitrogens is 6. The summed E-state index contributed by atoms with van der Waals surface area (Å²) in [6, 6.07) is 60.1. The number of fused-ring (bicyclic) bond motifs is 7. The number of carbonyl (C=O) groups is 2. The molecule has 0 spiro atoms. The molecule has 1 aliphatic heterocycles. The molecule has 5 N–H and O–H groups in total. The fraction of sp³-hybridized carbons (Fsp3) is 0.209. The van der Waals surface area contributed by atoms with Crippen molar-refractivity contribution in [2.75, 3.05) is 55.9 Å². The van der Waals surface area contributed by atoms with Gasteiger partial charge in [-0.15, -0.1) is 4.91 Å². The normalized spacial score (nSPS) is 10.1. The summed E-state index contributed by atoms with van der Waals surface area (Å²) < 4.78 is 43.0. The molecule has 0 bridgehead atoms. The quantitative estimate of drug-likeness (QED) is 0.0153. The molecule has 0 aliphatic carbocycles. The number of nitriles is 2. The Balaban J connectivity index is 0.000000648. The standard InChI is InChI=1S/C11H8N2O.2C11H9NO3.C11H10O.C10H9NO2.C10H9NO.C9H7NO.C4H9NSi.C4H8O.C2H6.3CH4.H2N5O.Na/c1-14-11-4-2-3-8-9(11)5-6-13-10(8)7-12;2*1-15-9-4-2-3-8-7(9)5-6-12-10(8)11(13)14;1-12-11-8-4-6-9-5-2-3-7-10(9)11;1-13-10-4-2-3-8-7-11(12)6-5-9(8)10;1-12-10-4-2-3-8-7-11-6-5-9(8)10;11-9-3-1-2-7-6-10-5-4-8(7)9;1-6(2,3)4-5;1-2-4-5-3-1;1-2;;;;1-2-3-4-5-6;/h2-6H,1H3;2*2-6H,1H3,(H,13,14);2-8H,1H3;2-7H,1H3;2-7H,1H3;1-6,11H;1-3H3;1-4H2;1-2H3;3*1H4;(H2-,1,2,3,4,5,6);/q;;;;;;;;;;;;;-1;+1/i;;;;;;;;;1D;;;;;. The monoisotopic (exact) mass is 1590 g/mol. The SMILES string of the molecule is C.C.C.C1CCOC1.COc1cccc2c(C#N)nccc12.COc1cccc2c(C(=O)O)nccc12.COc1cccc2c(C(=O)O)nccc12.COc1cccc2c[n+]([O-])ccc12.COc1cccc2ccccc12.COc1cccc2cnccc12.C[Si](C)(C)C#N.Oc1cccc2cnccc12.[2H]CC.[N-]=NNNN=O.[Na+]. The molecule has 115 heavy (non-hydrogen) atoms. The molecule has 596 valence electrons. The van der Waals surface area contributed by atoms with E-state index in [2.05, 4.69) is 65.4 Å². The van der Waals surface area contributed by atoms with Crippen LogP contribution in [0.15, 0.2) is 254 Å². The number of aromatic carboxylic acids is 2. The Morgan fingerprint density at radius 2 is 0.861 bits per heavy atom. The van der Waals surface area contributed by atoms with Crippen molar-refractivity contribution in [2.45, 2.75) is 68.6 Å². The Hall–Kier alpha value is -13.2. The van der Waals surface area contributed by atoms with E-state index in [1.165, 1.54) is 48.4 Å². The zero-order valence-electron chi connectivity index (χ0n) is 64.9. The van der Waals surface area contributed by atoms with Crippen LogP contribution in [0.4, 0.5) is 0 Å². The van der Waals surface area contributed by atoms with E-state index in [-0.39, 0.29) is 63.2 Å². The fourth-order valence-corrected chi connectivity index (χ4v) is 10.2. The van der Waals surface area contributed by atoms with E-state index in [0.29, 0.717) is 40.6 Å². The van der Waals surface area contributed by atoms with E-state index in [9.17, 15) is 19.9 Å². The number of methoxy groups -OCH3 is 6. The van der Waals surface area contributed by atoms with E-state index in [0.717, 1.165) is 94.8 Å². The number of phenols is 1. The van der Waals surface area contributed by atoms with E-state index in [1.54, 1.807) is 158 Å². The van der Waals surface area contributed by atoms with Gasteiger partial charge < -0.3 is 64.8 Å². The third-order valence-corrected chi connectivity index (χ3v) is 15.9. The number of hydrogen-bond donors (Lipinski definition) is 5. The number of ether oxygens (including phenoxy) is 7. The van der Waals surface area contributed by atoms with Crippen LogP contribution in [0.2, 0.25) is 19.6 Å². The van der Waals surface area contributed by atoms with Gasteiger partial charge in [0.2, 0.25) is 0 Å². The topological polar surface area (TPSA) is 387 Å². The third-order valence-electron chi connectivity index (χ3n) is 15.2. The van der Waals surface area contributed by atoms with Crippen LogP contribution in [0.1, 0.15) is 77.0 Å². The van der Waals surface area contributed by atoms with Gasteiger partial charge >= 0.3 is 41.5 Å². The molecular weight excluding hydrogens is 1490 g/mol. The summed E-state index contributed by atoms with van der Waals surface area (Å²) in [7, 11) is 8.38. The second kappa shape index (κ2) is 54.4. The van der Waals surface area contributed by atoms with Crippen LogP contribution in [0, 0.1) is 32.4 Å². The van der Waals surface area contributed by atoms with Crippen molar-refractivity contribution >= 4 is 95.4 Å². The Morgan fingerprint density at radius 3 is 1.26 bits per heavy atom. The largest absolute Gasteiger partial charge is 1.00 e. The number of nitroso groups, excluding NO2 is 1. The Labute approximate surface area is 694 Å². The maximum Gasteiger partial charge on any atom is 1.00 e. The van der Waals surface area contributed by atoms with Crippen molar-refractivity contribution in [1.29, 1.82) is 10.5 Å². The fourth-order valence-electron chi connectivity index (χ4n) is 10.2. The molecule has 0 amide bonds. The van der Waals surface area contributed by atoms with Gasteiger partial charge in [0.25, 0.3) is 0 Å². The number of hydrazine groups is 1. The molecule has 1 aliphatic rings. The van der Waals surface area contributed by atoms with Crippen molar-refractivity contribution in [2.24, 2.45) is 10.5 Å². The smallest absolute Gasteiger partial charge is 0.619 e. The van der Waals surface area contributed by atoms with E-state index < -0.39 is 20.0 Å². The first-order valence-electron chi connectivity index (χ1n) is 34.6. The zero-order valence-corrected chi connectivity index (χ0v) is 66.9. The van der Waals surface area contributed by atoms with Crippen molar-refractivity contribution in [3.63, 3.8) is 0 Å². The molecule has 27 nitrogen and oxygen atoms in total. The zero-order chi connectivity index (χ0) is 81.6. The summed E-state index contributed by atoms with van der Waals surface area (Å²) in [5.74, 6) is 2.94. The van der Waals surface area contributed by atoms with E-state index in [4.69, 9.17) is 65.7 Å². The van der Waals surface area contributed by atoms with Crippen LogP contribution >= 0.6 is 0 Å². The summed E-state index contributed by atoms with van der Waals surface area (Å²) in [6.45, 7) is 10.4. The van der Waals surface area contributed by atoms with E-state index >= 15 is 0 Å². The van der Waals surface area contributed by atoms with Gasteiger partial charge in [0, 0.05) is 134 Å². The van der Waals surface area contributed by atoms with Gasteiger partial charge in [-0.05, 0) is 97.1 Å². The Bertz CT molecular complexity index is 5220. The number of pyridine rings is 6. The molecule has 29 heteroatoms. The van der Waals surface area contributed by atoms with Crippen molar-refractivity contribution in [3.05, 3.63) is 277 Å². The van der Waals surface area contributed by atoms with Crippen LogP contribution in [-0.2, 0) is 4.74 Å². The molecular formula is C86H98N13NaO14Si. The van der Waals surface area contributed by atoms with Crippen LogP contribution < -0.4 is 73.8 Å². The van der Waals surface area contributed by atoms with Crippen LogP contribution in [0.25, 0.3) is 80.9 Å². The Morgan fingerprint density at radius 1 is 0.513 bits per heavy atom. The number of carboxylic acid groups (broad SMARTS) is 2. The van der Waals surface area contributed by atoms with Crippen LogP contribution in [-0.4, -0.2) is 116 Å². The first-order valence-corrected chi connectivity index (χ1v) is 37.4. The second-order valence-electron chi connectivity index (χ2n) is 23.3. The van der Waals surface area contributed by atoms with Gasteiger partial charge in [0.05, 0.1) is 53.3 Å². The number of carboxylic acids is 2. The predicted octanol–water partition coefficient (Wildman–Crippen LogP) is 16.3. The van der Waals surface area contributed by atoms with Gasteiger partial charge in [-0.1, -0.05) is 159 Å². The van der Waals surface area contributed by atoms with Gasteiger partial charge in [0.1, 0.15) is 52.0 Å². The maximum absolute atomic E-state index is 11.0. The molecule has 14 aromatic rings. The summed E-state index contributed by atoms with van der Waals surface area (Å²) in [5.41, 5.74) is 13.5.